The molecule has 0 spiro atoms. The summed E-state index contributed by atoms with van der Waals surface area (Å²) in [6.45, 7) is 2.69. The van der Waals surface area contributed by atoms with Gasteiger partial charge >= 0.3 is 0 Å². The van der Waals surface area contributed by atoms with E-state index in [-0.39, 0.29) is 17.7 Å². The van der Waals surface area contributed by atoms with Gasteiger partial charge in [0.05, 0.1) is 0 Å². The molecule has 3 N–H and O–H groups in total. The molecule has 14 heavy (non-hydrogen) atoms. The van der Waals surface area contributed by atoms with Gasteiger partial charge in [-0.05, 0) is 25.2 Å². The van der Waals surface area contributed by atoms with E-state index >= 15 is 0 Å². The van der Waals surface area contributed by atoms with E-state index in [0.29, 0.717) is 12.3 Å². The Kier molecular flexibility index (Phi) is 3.92. The fourth-order valence-corrected chi connectivity index (χ4v) is 1.94. The lowest BCUT2D eigenvalue weighted by Crippen LogP contribution is -2.35. The molecule has 1 saturated heterocycles. The number of hydrogen-bond donors (Lipinski definition) is 2. The molecule has 2 atom stereocenters. The normalized spacial score (nSPS) is 24.1. The molecule has 4 nitrogen and oxygen atoms in total. The summed E-state index contributed by atoms with van der Waals surface area (Å²) in [4.78, 5) is 22.1. The molecule has 1 aliphatic rings. The average molecular weight is 198 g/mol. The number of primary amides is 1. The summed E-state index contributed by atoms with van der Waals surface area (Å²) >= 11 is 0. The first kappa shape index (κ1) is 11.0. The molecule has 80 valence electrons. The van der Waals surface area contributed by atoms with E-state index < -0.39 is 0 Å². The number of rotatable bonds is 4. The molecule has 0 radical (unpaired) electrons. The van der Waals surface area contributed by atoms with Gasteiger partial charge in [-0.2, -0.15) is 0 Å². The maximum absolute atomic E-state index is 11.1. The smallest absolute Gasteiger partial charge is 0.220 e. The Hall–Kier alpha value is -1.06. The molecule has 1 aliphatic heterocycles. The lowest BCUT2D eigenvalue weighted by atomic mass is 9.86. The van der Waals surface area contributed by atoms with Crippen LogP contribution in [0.5, 0.6) is 0 Å². The zero-order chi connectivity index (χ0) is 10.6. The van der Waals surface area contributed by atoms with Crippen LogP contribution in [0.3, 0.4) is 0 Å². The van der Waals surface area contributed by atoms with Crippen molar-refractivity contribution in [1.82, 2.24) is 5.32 Å². The third-order valence-electron chi connectivity index (χ3n) is 2.86. The molecule has 0 bridgehead atoms. The van der Waals surface area contributed by atoms with E-state index in [2.05, 4.69) is 5.32 Å². The molecule has 1 fully saturated rings. The predicted octanol–water partition coefficient (Wildman–Crippen LogP) is 0.414. The summed E-state index contributed by atoms with van der Waals surface area (Å²) in [5, 5.41) is 2.78. The highest BCUT2D eigenvalue weighted by atomic mass is 16.2. The van der Waals surface area contributed by atoms with Gasteiger partial charge in [-0.1, -0.05) is 6.92 Å². The third kappa shape index (κ3) is 3.01. The Balaban J connectivity index is 2.41. The van der Waals surface area contributed by atoms with Crippen molar-refractivity contribution >= 4 is 11.8 Å². The predicted molar refractivity (Wildman–Crippen MR) is 53.3 cm³/mol. The fraction of sp³-hybridized carbons (Fsp3) is 0.800. The van der Waals surface area contributed by atoms with Crippen LogP contribution >= 0.6 is 0 Å². The number of amides is 2. The quantitative estimate of drug-likeness (QED) is 0.687. The Morgan fingerprint density at radius 2 is 2.43 bits per heavy atom. The summed E-state index contributed by atoms with van der Waals surface area (Å²) < 4.78 is 0. The molecule has 0 saturated carbocycles. The number of nitrogens with two attached hydrogens (primary N) is 1. The van der Waals surface area contributed by atoms with Gasteiger partial charge in [-0.3, -0.25) is 9.59 Å². The summed E-state index contributed by atoms with van der Waals surface area (Å²) in [5.41, 5.74) is 5.26. The first-order chi connectivity index (χ1) is 6.63. The molecule has 4 heteroatoms. The number of piperidine rings is 1. The van der Waals surface area contributed by atoms with E-state index in [1.165, 1.54) is 0 Å². The monoisotopic (exact) mass is 198 g/mol. The van der Waals surface area contributed by atoms with Crippen molar-refractivity contribution in [1.29, 1.82) is 0 Å². The van der Waals surface area contributed by atoms with Crippen molar-refractivity contribution in [2.24, 2.45) is 17.6 Å². The largest absolute Gasteiger partial charge is 0.369 e. The Morgan fingerprint density at radius 3 is 2.93 bits per heavy atom. The van der Waals surface area contributed by atoms with E-state index in [4.69, 9.17) is 5.73 Å². The fourth-order valence-electron chi connectivity index (χ4n) is 1.94. The van der Waals surface area contributed by atoms with E-state index in [1.54, 1.807) is 0 Å². The number of carbonyl (C=O) groups is 2. The Bertz CT molecular complexity index is 228. The maximum atomic E-state index is 11.1. The van der Waals surface area contributed by atoms with E-state index in [0.717, 1.165) is 25.8 Å². The first-order valence-electron chi connectivity index (χ1n) is 5.19. The van der Waals surface area contributed by atoms with Gasteiger partial charge in [0.1, 0.15) is 0 Å². The number of hydrogen-bond acceptors (Lipinski definition) is 2. The van der Waals surface area contributed by atoms with Crippen LogP contribution in [0.25, 0.3) is 0 Å². The van der Waals surface area contributed by atoms with Crippen molar-refractivity contribution in [3.63, 3.8) is 0 Å². The minimum absolute atomic E-state index is 0.0640. The first-order valence-corrected chi connectivity index (χ1v) is 5.19. The Morgan fingerprint density at radius 1 is 1.71 bits per heavy atom. The molecule has 1 rings (SSSR count). The summed E-state index contributed by atoms with van der Waals surface area (Å²) in [5.74, 6) is 0.131. The van der Waals surface area contributed by atoms with Gasteiger partial charge in [-0.15, -0.1) is 0 Å². The molecule has 0 aromatic rings. The van der Waals surface area contributed by atoms with Crippen molar-refractivity contribution in [2.45, 2.75) is 32.6 Å². The summed E-state index contributed by atoms with van der Waals surface area (Å²) in [6.07, 6.45) is 3.05. The zero-order valence-electron chi connectivity index (χ0n) is 8.58. The highest BCUT2D eigenvalue weighted by molar-refractivity contribution is 5.78. The lowest BCUT2D eigenvalue weighted by Gasteiger charge is -2.24. The van der Waals surface area contributed by atoms with Gasteiger partial charge < -0.3 is 11.1 Å². The van der Waals surface area contributed by atoms with Gasteiger partial charge in [-0.25, -0.2) is 0 Å². The Labute approximate surface area is 84.2 Å². The molecular weight excluding hydrogens is 180 g/mol. The second kappa shape index (κ2) is 4.98. The highest BCUT2D eigenvalue weighted by Crippen LogP contribution is 2.23. The second-order valence-corrected chi connectivity index (χ2v) is 3.95. The standard InChI is InChI=1S/C10H18N2O2/c1-2-8(10(11)14)5-7-3-4-12-9(13)6-7/h7-8H,2-6H2,1H3,(H2,11,14)(H,12,13). The lowest BCUT2D eigenvalue weighted by molar-refractivity contribution is -0.126. The molecule has 2 amide bonds. The van der Waals surface area contributed by atoms with Crippen LogP contribution in [0, 0.1) is 11.8 Å². The van der Waals surface area contributed by atoms with Crippen LogP contribution in [0.4, 0.5) is 0 Å². The highest BCUT2D eigenvalue weighted by Gasteiger charge is 2.24. The second-order valence-electron chi connectivity index (χ2n) is 3.95. The van der Waals surface area contributed by atoms with Gasteiger partial charge in [0.15, 0.2) is 0 Å². The number of nitrogens with one attached hydrogen (secondary N) is 1. The van der Waals surface area contributed by atoms with Crippen LogP contribution in [0.1, 0.15) is 32.6 Å². The molecule has 0 aromatic heterocycles. The third-order valence-corrected chi connectivity index (χ3v) is 2.86. The van der Waals surface area contributed by atoms with Crippen molar-refractivity contribution in [3.8, 4) is 0 Å². The van der Waals surface area contributed by atoms with Crippen molar-refractivity contribution in [2.75, 3.05) is 6.54 Å². The molecule has 1 heterocycles. The summed E-state index contributed by atoms with van der Waals surface area (Å²) in [6, 6.07) is 0. The maximum Gasteiger partial charge on any atom is 0.220 e. The van der Waals surface area contributed by atoms with Gasteiger partial charge in [0.25, 0.3) is 0 Å². The van der Waals surface area contributed by atoms with Crippen LogP contribution < -0.4 is 11.1 Å². The topological polar surface area (TPSA) is 72.2 Å². The van der Waals surface area contributed by atoms with Crippen LogP contribution in [-0.2, 0) is 9.59 Å². The average Bonchev–Trinajstić information content (AvgIpc) is 2.14. The molecule has 2 unspecified atom stereocenters. The molecule has 0 aromatic carbocycles. The molecule has 0 aliphatic carbocycles. The molecular formula is C10H18N2O2. The minimum atomic E-state index is -0.238. The van der Waals surface area contributed by atoms with E-state index in [9.17, 15) is 9.59 Å². The zero-order valence-corrected chi connectivity index (χ0v) is 8.58. The summed E-state index contributed by atoms with van der Waals surface area (Å²) in [7, 11) is 0. The van der Waals surface area contributed by atoms with E-state index in [1.807, 2.05) is 6.92 Å². The van der Waals surface area contributed by atoms with Crippen molar-refractivity contribution < 1.29 is 9.59 Å². The van der Waals surface area contributed by atoms with Crippen molar-refractivity contribution in [3.05, 3.63) is 0 Å². The van der Waals surface area contributed by atoms with Gasteiger partial charge in [0.2, 0.25) is 11.8 Å². The minimum Gasteiger partial charge on any atom is -0.369 e. The van der Waals surface area contributed by atoms with Gasteiger partial charge in [0, 0.05) is 18.9 Å². The SMILES string of the molecule is CCC(CC1CCNC(=O)C1)C(N)=O. The van der Waals surface area contributed by atoms with Crippen LogP contribution in [-0.4, -0.2) is 18.4 Å². The number of carbonyl (C=O) groups excluding carboxylic acids is 2. The van der Waals surface area contributed by atoms with Crippen LogP contribution in [0.15, 0.2) is 0 Å². The van der Waals surface area contributed by atoms with Crippen LogP contribution in [0.2, 0.25) is 0 Å².